The molecule has 2 aliphatic heterocycles. The van der Waals surface area contributed by atoms with Crippen LogP contribution < -0.4 is 4.74 Å². The number of aromatic nitrogens is 2. The number of nitriles is 1. The van der Waals surface area contributed by atoms with Crippen LogP contribution in [0.4, 0.5) is 8.78 Å². The van der Waals surface area contributed by atoms with E-state index in [-0.39, 0.29) is 17.9 Å². The van der Waals surface area contributed by atoms with E-state index in [1.165, 1.54) is 6.07 Å². The number of halogens is 2. The fourth-order valence-electron chi connectivity index (χ4n) is 8.23. The molecule has 0 unspecified atom stereocenters. The van der Waals surface area contributed by atoms with Crippen LogP contribution in [0, 0.1) is 30.6 Å². The summed E-state index contributed by atoms with van der Waals surface area (Å²) < 4.78 is 44.4. The number of likely N-dealkylation sites (tertiary alicyclic amines) is 2. The number of nitrogens with zero attached hydrogens (tertiary/aromatic N) is 5. The monoisotopic (exact) mass is 759 g/mol. The van der Waals surface area contributed by atoms with Gasteiger partial charge < -0.3 is 18.7 Å². The van der Waals surface area contributed by atoms with Crippen LogP contribution in [0.2, 0.25) is 0 Å². The number of hydrogen-bond acceptors (Lipinski definition) is 9. The lowest BCUT2D eigenvalue weighted by Gasteiger charge is -2.36. The maximum absolute atomic E-state index is 13.5. The number of carboxylic acid groups (broad SMARTS) is 1. The van der Waals surface area contributed by atoms with Crippen molar-refractivity contribution >= 4 is 28.2 Å². The molecule has 0 spiro atoms. The van der Waals surface area contributed by atoms with E-state index < -0.39 is 18.6 Å². The summed E-state index contributed by atoms with van der Waals surface area (Å²) in [6, 6.07) is 20.4. The molecule has 0 amide bonds. The molecule has 2 saturated heterocycles. The number of hydrogen-bond donors (Lipinski definition) is 1. The second-order valence-corrected chi connectivity index (χ2v) is 15.8. The van der Waals surface area contributed by atoms with E-state index >= 15 is 0 Å². The lowest BCUT2D eigenvalue weighted by atomic mass is 9.82. The van der Waals surface area contributed by atoms with Crippen molar-refractivity contribution in [3.05, 3.63) is 88.5 Å². The highest BCUT2D eigenvalue weighted by Crippen LogP contribution is 2.40. The number of rotatable bonds is 10. The number of alkyl halides is 2. The first-order valence-electron chi connectivity index (χ1n) is 19.0. The van der Waals surface area contributed by atoms with Gasteiger partial charge in [0.25, 0.3) is 0 Å². The fraction of sp³-hybridized carbons (Fsp3) is 0.364. The van der Waals surface area contributed by atoms with Gasteiger partial charge in [-0.25, -0.2) is 9.97 Å². The molecular weight excluding hydrogens is 717 g/mol. The van der Waals surface area contributed by atoms with Crippen molar-refractivity contribution in [2.24, 2.45) is 5.41 Å². The molecule has 2 aromatic heterocycles. The fourth-order valence-corrected chi connectivity index (χ4v) is 8.23. The zero-order chi connectivity index (χ0) is 39.3. The van der Waals surface area contributed by atoms with Crippen LogP contribution in [-0.4, -0.2) is 63.1 Å². The molecule has 8 rings (SSSR count). The van der Waals surface area contributed by atoms with Gasteiger partial charge >= 0.3 is 12.6 Å². The third-order valence-electron chi connectivity index (χ3n) is 11.5. The smallest absolute Gasteiger partial charge is 0.387 e. The standard InChI is InChI=1S/C44H43F2N5O5/c1-25-30(8-5-10-32(25)40-48-34-20-29(24-51-15-7-12-36(51)42(52)53)37(55-43(45)46)21-38(34)54-40)31-9-6-11-33(26(31)2)41-49-35-19-27(18-28(22-47)39(35)56-41)23-50-16-13-44(3,4)14-17-50/h5-6,8-11,18-21,36,43H,7,12-17,23-24H2,1-4H3,(H,52,53)/t36-/m0/s1. The highest BCUT2D eigenvalue weighted by atomic mass is 19.3. The van der Waals surface area contributed by atoms with E-state index in [0.29, 0.717) is 64.3 Å². The third-order valence-corrected chi connectivity index (χ3v) is 11.5. The minimum Gasteiger partial charge on any atom is -0.480 e. The Bertz CT molecular complexity index is 2510. The summed E-state index contributed by atoms with van der Waals surface area (Å²) in [7, 11) is 0. The minimum absolute atomic E-state index is 0.0763. The van der Waals surface area contributed by atoms with E-state index in [4.69, 9.17) is 23.5 Å². The Morgan fingerprint density at radius 2 is 1.57 bits per heavy atom. The average molecular weight is 760 g/mol. The van der Waals surface area contributed by atoms with E-state index in [9.17, 15) is 23.9 Å². The van der Waals surface area contributed by atoms with Gasteiger partial charge in [-0.1, -0.05) is 38.1 Å². The second kappa shape index (κ2) is 14.8. The highest BCUT2D eigenvalue weighted by Gasteiger charge is 2.32. The average Bonchev–Trinajstić information content (AvgIpc) is 3.91. The molecule has 0 aliphatic carbocycles. The van der Waals surface area contributed by atoms with Crippen LogP contribution in [0.25, 0.3) is 56.2 Å². The predicted octanol–water partition coefficient (Wildman–Crippen LogP) is 9.73. The molecule has 0 bridgehead atoms. The molecule has 4 aromatic carbocycles. The molecule has 0 radical (unpaired) electrons. The summed E-state index contributed by atoms with van der Waals surface area (Å²) in [5, 5.41) is 19.8. The Hall–Kier alpha value is -5.64. The first kappa shape index (κ1) is 37.3. The van der Waals surface area contributed by atoms with Crippen molar-refractivity contribution in [3.63, 3.8) is 0 Å². The molecule has 288 valence electrons. The van der Waals surface area contributed by atoms with Crippen molar-refractivity contribution in [2.75, 3.05) is 19.6 Å². The molecular formula is C44H43F2N5O5. The maximum atomic E-state index is 13.5. The number of aliphatic carboxylic acids is 1. The van der Waals surface area contributed by atoms with Gasteiger partial charge in [-0.2, -0.15) is 14.0 Å². The quantitative estimate of drug-likeness (QED) is 0.144. The van der Waals surface area contributed by atoms with E-state index in [1.807, 2.05) is 62.4 Å². The maximum Gasteiger partial charge on any atom is 0.387 e. The molecule has 1 atom stereocenters. The first-order chi connectivity index (χ1) is 26.9. The predicted molar refractivity (Wildman–Crippen MR) is 208 cm³/mol. The number of ether oxygens (including phenoxy) is 1. The number of fused-ring (bicyclic) bond motifs is 2. The zero-order valence-corrected chi connectivity index (χ0v) is 31.9. The SMILES string of the molecule is Cc1c(-c2nc3cc(CN4CCC[C@H]4C(=O)O)c(OC(F)F)cc3o2)cccc1-c1cccc(-c2nc3cc(CN4CCC(C)(C)CC4)cc(C#N)c3o2)c1C. The van der Waals surface area contributed by atoms with Crippen molar-refractivity contribution in [1.82, 2.24) is 19.8 Å². The van der Waals surface area contributed by atoms with Crippen LogP contribution >= 0.6 is 0 Å². The van der Waals surface area contributed by atoms with Crippen LogP contribution in [0.15, 0.2) is 69.5 Å². The van der Waals surface area contributed by atoms with Crippen LogP contribution in [0.5, 0.6) is 5.75 Å². The molecule has 12 heteroatoms. The molecule has 1 N–H and O–H groups in total. The van der Waals surface area contributed by atoms with Crippen LogP contribution in [-0.2, 0) is 17.9 Å². The van der Waals surface area contributed by atoms with E-state index in [2.05, 4.69) is 24.8 Å². The van der Waals surface area contributed by atoms with Crippen molar-refractivity contribution in [3.8, 4) is 45.9 Å². The lowest BCUT2D eigenvalue weighted by molar-refractivity contribution is -0.142. The summed E-state index contributed by atoms with van der Waals surface area (Å²) in [4.78, 5) is 25.7. The van der Waals surface area contributed by atoms with Crippen molar-refractivity contribution in [2.45, 2.75) is 79.1 Å². The Balaban J connectivity index is 1.11. The minimum atomic E-state index is -3.07. The van der Waals surface area contributed by atoms with Crippen molar-refractivity contribution < 1.29 is 32.3 Å². The highest BCUT2D eigenvalue weighted by molar-refractivity contribution is 5.86. The summed E-state index contributed by atoms with van der Waals surface area (Å²) >= 11 is 0. The Kier molecular flexibility index (Phi) is 9.85. The van der Waals surface area contributed by atoms with Gasteiger partial charge in [-0.15, -0.1) is 0 Å². The first-order valence-corrected chi connectivity index (χ1v) is 19.0. The Morgan fingerprint density at radius 1 is 0.929 bits per heavy atom. The number of carboxylic acids is 1. The Morgan fingerprint density at radius 3 is 2.21 bits per heavy atom. The summed E-state index contributed by atoms with van der Waals surface area (Å²) in [5.74, 6) is -0.275. The van der Waals surface area contributed by atoms with Gasteiger partial charge in [0, 0.05) is 35.8 Å². The van der Waals surface area contributed by atoms with E-state index in [1.54, 1.807) is 11.0 Å². The lowest BCUT2D eigenvalue weighted by Crippen LogP contribution is -2.36. The summed E-state index contributed by atoms with van der Waals surface area (Å²) in [6.45, 7) is 9.00. The summed E-state index contributed by atoms with van der Waals surface area (Å²) in [6.07, 6.45) is 3.47. The van der Waals surface area contributed by atoms with Crippen LogP contribution in [0.1, 0.15) is 67.3 Å². The second-order valence-electron chi connectivity index (χ2n) is 15.8. The number of benzene rings is 4. The topological polar surface area (TPSA) is 129 Å². The molecule has 4 heterocycles. The molecule has 10 nitrogen and oxygen atoms in total. The van der Waals surface area contributed by atoms with Crippen molar-refractivity contribution in [1.29, 1.82) is 5.26 Å². The van der Waals surface area contributed by atoms with Gasteiger partial charge in [0.1, 0.15) is 28.9 Å². The number of piperidine rings is 1. The normalized spacial score (nSPS) is 17.6. The van der Waals surface area contributed by atoms with Crippen LogP contribution in [0.3, 0.4) is 0 Å². The molecule has 56 heavy (non-hydrogen) atoms. The van der Waals surface area contributed by atoms with E-state index in [0.717, 1.165) is 71.4 Å². The third kappa shape index (κ3) is 7.24. The molecule has 2 aliphatic rings. The Labute approximate surface area is 323 Å². The summed E-state index contributed by atoms with van der Waals surface area (Å²) in [5.41, 5.74) is 9.33. The molecule has 0 saturated carbocycles. The van der Waals surface area contributed by atoms with Gasteiger partial charge in [0.05, 0.1) is 5.56 Å². The molecule has 6 aromatic rings. The molecule has 2 fully saturated rings. The van der Waals surface area contributed by atoms with Gasteiger partial charge in [0.15, 0.2) is 11.2 Å². The largest absolute Gasteiger partial charge is 0.480 e. The van der Waals surface area contributed by atoms with Gasteiger partial charge in [0.2, 0.25) is 11.8 Å². The van der Waals surface area contributed by atoms with Gasteiger partial charge in [-0.05, 0) is 123 Å². The number of carbonyl (C=O) groups is 1. The van der Waals surface area contributed by atoms with Gasteiger partial charge in [-0.3, -0.25) is 14.6 Å². The number of oxazole rings is 2. The zero-order valence-electron chi connectivity index (χ0n) is 31.9.